The van der Waals surface area contributed by atoms with Crippen molar-refractivity contribution in [3.8, 4) is 0 Å². The van der Waals surface area contributed by atoms with Crippen LogP contribution in [0.4, 0.5) is 0 Å². The molecule has 2 aromatic rings. The van der Waals surface area contributed by atoms with Gasteiger partial charge in [0.1, 0.15) is 0 Å². The third-order valence-electron chi connectivity index (χ3n) is 5.26. The average molecular weight is 339 g/mol. The summed E-state index contributed by atoms with van der Waals surface area (Å²) in [4.78, 5) is 16.7. The first-order chi connectivity index (χ1) is 12.5. The molecule has 1 unspecified atom stereocenters. The molecule has 0 bridgehead atoms. The van der Waals surface area contributed by atoms with Gasteiger partial charge >= 0.3 is 0 Å². The number of allylic oxidation sites excluding steroid dienone is 3. The van der Waals surface area contributed by atoms with Crippen LogP contribution in [-0.4, -0.2) is 11.5 Å². The smallest absolute Gasteiger partial charge is 0.159 e. The first-order valence-electron chi connectivity index (χ1n) is 8.85. The molecule has 4 rings (SSSR count). The summed E-state index contributed by atoms with van der Waals surface area (Å²) in [6.45, 7) is 9.74. The molecule has 128 valence electrons. The first-order valence-corrected chi connectivity index (χ1v) is 8.85. The van der Waals surface area contributed by atoms with Gasteiger partial charge in [-0.3, -0.25) is 9.79 Å². The SMILES string of the molecule is C=Cc1ccc2c(c1)C1C(c3cccc(C(C)=O)c3)=NC(C)=C1C(C)=C2. The molecule has 0 saturated heterocycles. The summed E-state index contributed by atoms with van der Waals surface area (Å²) in [7, 11) is 0. The predicted molar refractivity (Wildman–Crippen MR) is 109 cm³/mol. The van der Waals surface area contributed by atoms with Gasteiger partial charge in [-0.1, -0.05) is 55.1 Å². The van der Waals surface area contributed by atoms with Gasteiger partial charge in [0.05, 0.1) is 11.6 Å². The molecule has 2 heteroatoms. The minimum Gasteiger partial charge on any atom is -0.295 e. The topological polar surface area (TPSA) is 29.4 Å². The van der Waals surface area contributed by atoms with Crippen LogP contribution >= 0.6 is 0 Å². The van der Waals surface area contributed by atoms with Crippen molar-refractivity contribution in [2.24, 2.45) is 4.99 Å². The largest absolute Gasteiger partial charge is 0.295 e. The Labute approximate surface area is 154 Å². The van der Waals surface area contributed by atoms with Crippen LogP contribution in [-0.2, 0) is 0 Å². The van der Waals surface area contributed by atoms with Crippen molar-refractivity contribution >= 4 is 23.6 Å². The van der Waals surface area contributed by atoms with Crippen LogP contribution in [0.1, 0.15) is 59.3 Å². The van der Waals surface area contributed by atoms with Crippen molar-refractivity contribution in [2.45, 2.75) is 26.7 Å². The van der Waals surface area contributed by atoms with E-state index in [0.29, 0.717) is 0 Å². The number of carbonyl (C=O) groups is 1. The van der Waals surface area contributed by atoms with Crippen LogP contribution in [0.5, 0.6) is 0 Å². The number of hydrogen-bond donors (Lipinski definition) is 0. The fourth-order valence-electron chi connectivity index (χ4n) is 4.01. The van der Waals surface area contributed by atoms with E-state index in [-0.39, 0.29) is 11.7 Å². The third kappa shape index (κ3) is 2.50. The number of ketones is 1. The zero-order valence-electron chi connectivity index (χ0n) is 15.3. The van der Waals surface area contributed by atoms with Crippen LogP contribution in [0, 0.1) is 0 Å². The van der Waals surface area contributed by atoms with E-state index in [9.17, 15) is 4.79 Å². The molecule has 1 aliphatic heterocycles. The summed E-state index contributed by atoms with van der Waals surface area (Å²) in [5.74, 6) is 0.182. The Morgan fingerprint density at radius 1 is 1.15 bits per heavy atom. The Morgan fingerprint density at radius 3 is 2.69 bits per heavy atom. The number of rotatable bonds is 3. The molecular weight excluding hydrogens is 318 g/mol. The quantitative estimate of drug-likeness (QED) is 0.649. The summed E-state index contributed by atoms with van der Waals surface area (Å²) in [6.07, 6.45) is 4.12. The van der Waals surface area contributed by atoms with Crippen LogP contribution in [0.15, 0.2) is 70.9 Å². The highest BCUT2D eigenvalue weighted by atomic mass is 16.1. The van der Waals surface area contributed by atoms with Gasteiger partial charge in [-0.2, -0.15) is 0 Å². The lowest BCUT2D eigenvalue weighted by Gasteiger charge is -2.26. The third-order valence-corrected chi connectivity index (χ3v) is 5.26. The second kappa shape index (κ2) is 6.06. The summed E-state index contributed by atoms with van der Waals surface area (Å²) in [5.41, 5.74) is 9.95. The molecule has 2 nitrogen and oxygen atoms in total. The van der Waals surface area contributed by atoms with Gasteiger partial charge in [-0.05, 0) is 60.2 Å². The number of hydrogen-bond acceptors (Lipinski definition) is 2. The lowest BCUT2D eigenvalue weighted by atomic mass is 9.75. The molecule has 1 heterocycles. The maximum Gasteiger partial charge on any atom is 0.159 e. The Kier molecular flexibility index (Phi) is 3.84. The van der Waals surface area contributed by atoms with E-state index in [4.69, 9.17) is 4.99 Å². The number of carbonyl (C=O) groups excluding carboxylic acids is 1. The molecule has 2 aliphatic rings. The summed E-state index contributed by atoms with van der Waals surface area (Å²) >= 11 is 0. The number of fused-ring (bicyclic) bond motifs is 3. The Balaban J connectivity index is 1.91. The zero-order valence-corrected chi connectivity index (χ0v) is 15.3. The Morgan fingerprint density at radius 2 is 1.96 bits per heavy atom. The molecule has 1 aliphatic carbocycles. The van der Waals surface area contributed by atoms with Crippen molar-refractivity contribution in [2.75, 3.05) is 0 Å². The Bertz CT molecular complexity index is 1050. The van der Waals surface area contributed by atoms with E-state index < -0.39 is 0 Å². The van der Waals surface area contributed by atoms with Gasteiger partial charge in [-0.15, -0.1) is 0 Å². The van der Waals surface area contributed by atoms with E-state index in [2.05, 4.69) is 44.7 Å². The lowest BCUT2D eigenvalue weighted by Crippen LogP contribution is -2.18. The van der Waals surface area contributed by atoms with Crippen LogP contribution in [0.3, 0.4) is 0 Å². The molecule has 0 saturated carbocycles. The fraction of sp³-hybridized carbons (Fsp3) is 0.167. The van der Waals surface area contributed by atoms with Crippen LogP contribution in [0.2, 0.25) is 0 Å². The van der Waals surface area contributed by atoms with E-state index in [1.54, 1.807) is 6.92 Å². The summed E-state index contributed by atoms with van der Waals surface area (Å²) < 4.78 is 0. The van der Waals surface area contributed by atoms with Crippen molar-refractivity contribution in [3.05, 3.63) is 93.7 Å². The average Bonchev–Trinajstić information content (AvgIpc) is 3.00. The standard InChI is InChI=1S/C24H21NO/c1-5-17-9-10-19-11-14(2)22-15(3)25-24(23(22)21(19)12-17)20-8-6-7-18(13-20)16(4)26/h5-13,23H,1H2,2-4H3. The van der Waals surface area contributed by atoms with Crippen molar-refractivity contribution in [1.82, 2.24) is 0 Å². The molecule has 0 fully saturated rings. The normalized spacial score (nSPS) is 18.0. The van der Waals surface area contributed by atoms with Crippen LogP contribution in [0.25, 0.3) is 12.2 Å². The Hall–Kier alpha value is -3.00. The minimum atomic E-state index is 0.0735. The van der Waals surface area contributed by atoms with Gasteiger partial charge in [0.2, 0.25) is 0 Å². The molecular formula is C24H21NO. The minimum absolute atomic E-state index is 0.0735. The lowest BCUT2D eigenvalue weighted by molar-refractivity contribution is 0.101. The molecule has 0 aromatic heterocycles. The maximum absolute atomic E-state index is 11.8. The zero-order chi connectivity index (χ0) is 18.4. The van der Waals surface area contributed by atoms with E-state index in [1.165, 1.54) is 22.3 Å². The van der Waals surface area contributed by atoms with Crippen molar-refractivity contribution in [3.63, 3.8) is 0 Å². The van der Waals surface area contributed by atoms with E-state index in [0.717, 1.165) is 28.1 Å². The highest BCUT2D eigenvalue weighted by molar-refractivity contribution is 6.12. The van der Waals surface area contributed by atoms with Crippen molar-refractivity contribution < 1.29 is 4.79 Å². The maximum atomic E-state index is 11.8. The van der Waals surface area contributed by atoms with Gasteiger partial charge in [0.15, 0.2) is 5.78 Å². The van der Waals surface area contributed by atoms with Gasteiger partial charge < -0.3 is 0 Å². The van der Waals surface area contributed by atoms with Crippen molar-refractivity contribution in [1.29, 1.82) is 0 Å². The van der Waals surface area contributed by atoms with Gasteiger partial charge in [-0.25, -0.2) is 0 Å². The van der Waals surface area contributed by atoms with E-state index >= 15 is 0 Å². The molecule has 1 atom stereocenters. The molecule has 0 spiro atoms. The number of benzene rings is 2. The predicted octanol–water partition coefficient (Wildman–Crippen LogP) is 5.81. The number of nitrogens with zero attached hydrogens (tertiary/aromatic N) is 1. The molecule has 0 N–H and O–H groups in total. The highest BCUT2D eigenvalue weighted by Crippen LogP contribution is 2.46. The molecule has 0 amide bonds. The molecule has 0 radical (unpaired) electrons. The summed E-state index contributed by atoms with van der Waals surface area (Å²) in [6, 6.07) is 14.3. The fourth-order valence-corrected chi connectivity index (χ4v) is 4.01. The van der Waals surface area contributed by atoms with E-state index in [1.807, 2.05) is 30.3 Å². The highest BCUT2D eigenvalue weighted by Gasteiger charge is 2.35. The second-order valence-corrected chi connectivity index (χ2v) is 6.99. The van der Waals surface area contributed by atoms with Gasteiger partial charge in [0.25, 0.3) is 0 Å². The second-order valence-electron chi connectivity index (χ2n) is 6.99. The monoisotopic (exact) mass is 339 g/mol. The molecule has 2 aromatic carbocycles. The number of Topliss-reactive ketones (excluding diaryl/α,β-unsaturated/α-hetero) is 1. The summed E-state index contributed by atoms with van der Waals surface area (Å²) in [5, 5.41) is 0. The molecule has 26 heavy (non-hydrogen) atoms. The number of aliphatic imine (C=N–C) groups is 1. The first kappa shape index (κ1) is 16.5. The van der Waals surface area contributed by atoms with Gasteiger partial charge in [0, 0.05) is 11.3 Å². The van der Waals surface area contributed by atoms with Crippen LogP contribution < -0.4 is 0 Å².